The van der Waals surface area contributed by atoms with Crippen molar-refractivity contribution in [2.45, 2.75) is 32.1 Å². The van der Waals surface area contributed by atoms with Gasteiger partial charge in [0.1, 0.15) is 0 Å². The van der Waals surface area contributed by atoms with Crippen LogP contribution in [0.5, 0.6) is 0 Å². The van der Waals surface area contributed by atoms with Crippen molar-refractivity contribution in [2.75, 3.05) is 13.1 Å². The van der Waals surface area contributed by atoms with Crippen LogP contribution in [0.2, 0.25) is 0 Å². The van der Waals surface area contributed by atoms with Gasteiger partial charge in [0.15, 0.2) is 0 Å². The molecule has 2 N–H and O–H groups in total. The summed E-state index contributed by atoms with van der Waals surface area (Å²) >= 11 is 0. The Kier molecular flexibility index (Phi) is 4.39. The lowest BCUT2D eigenvalue weighted by atomic mass is 9.99. The van der Waals surface area contributed by atoms with Crippen molar-refractivity contribution in [3.63, 3.8) is 0 Å². The zero-order valence-corrected chi connectivity index (χ0v) is 8.69. The molecule has 86 valence electrons. The van der Waals surface area contributed by atoms with Crippen LogP contribution in [0.4, 0.5) is 4.79 Å². The Labute approximate surface area is 88.7 Å². The Morgan fingerprint density at radius 1 is 1.00 bits per heavy atom. The predicted octanol–water partition coefficient (Wildman–Crippen LogP) is 1.63. The number of rotatable bonds is 1. The van der Waals surface area contributed by atoms with Gasteiger partial charge in [0.05, 0.1) is 5.92 Å². The lowest BCUT2D eigenvalue weighted by Crippen LogP contribution is -2.32. The van der Waals surface area contributed by atoms with Gasteiger partial charge in [0.25, 0.3) is 0 Å². The summed E-state index contributed by atoms with van der Waals surface area (Å²) in [5, 5.41) is 17.8. The van der Waals surface area contributed by atoms with Gasteiger partial charge in [0.2, 0.25) is 0 Å². The molecule has 5 heteroatoms. The molecule has 1 rings (SSSR count). The minimum atomic E-state index is -0.943. The number of hydrogen-bond acceptors (Lipinski definition) is 2. The SMILES string of the molecule is O=C(O)C1CCCCCN(C(=O)O)CC1. The van der Waals surface area contributed by atoms with Gasteiger partial charge in [-0.1, -0.05) is 12.8 Å². The van der Waals surface area contributed by atoms with Gasteiger partial charge in [-0.05, 0) is 19.3 Å². The summed E-state index contributed by atoms with van der Waals surface area (Å²) in [4.78, 5) is 22.9. The maximum Gasteiger partial charge on any atom is 0.407 e. The number of carboxylic acid groups (broad SMARTS) is 2. The average molecular weight is 215 g/mol. The third-order valence-electron chi connectivity index (χ3n) is 2.85. The maximum absolute atomic E-state index is 10.8. The fourth-order valence-electron chi connectivity index (χ4n) is 1.88. The van der Waals surface area contributed by atoms with E-state index in [4.69, 9.17) is 10.2 Å². The second-order valence-corrected chi connectivity index (χ2v) is 3.94. The van der Waals surface area contributed by atoms with E-state index in [9.17, 15) is 9.59 Å². The molecule has 1 aliphatic heterocycles. The van der Waals surface area contributed by atoms with E-state index in [1.807, 2.05) is 0 Å². The first-order valence-corrected chi connectivity index (χ1v) is 5.32. The molecule has 1 aliphatic rings. The molecule has 1 amide bonds. The van der Waals surface area contributed by atoms with Crippen molar-refractivity contribution in [1.82, 2.24) is 4.90 Å². The molecule has 1 fully saturated rings. The van der Waals surface area contributed by atoms with Crippen LogP contribution in [-0.4, -0.2) is 40.3 Å². The molecular weight excluding hydrogens is 198 g/mol. The van der Waals surface area contributed by atoms with E-state index in [2.05, 4.69) is 0 Å². The minimum Gasteiger partial charge on any atom is -0.481 e. The van der Waals surface area contributed by atoms with Crippen LogP contribution in [0.15, 0.2) is 0 Å². The Bertz CT molecular complexity index is 218. The summed E-state index contributed by atoms with van der Waals surface area (Å²) in [6, 6.07) is 0. The van der Waals surface area contributed by atoms with Crippen LogP contribution < -0.4 is 0 Å². The second-order valence-electron chi connectivity index (χ2n) is 3.94. The smallest absolute Gasteiger partial charge is 0.407 e. The van der Waals surface area contributed by atoms with E-state index >= 15 is 0 Å². The lowest BCUT2D eigenvalue weighted by molar-refractivity contribution is -0.142. The fourth-order valence-corrected chi connectivity index (χ4v) is 1.88. The molecule has 1 atom stereocenters. The molecule has 1 heterocycles. The standard InChI is InChI=1S/C10H17NO4/c12-9(13)8-4-2-1-3-6-11(7-5-8)10(14)15/h8H,1-7H2,(H,12,13)(H,14,15). The fraction of sp³-hybridized carbons (Fsp3) is 0.800. The van der Waals surface area contributed by atoms with Gasteiger partial charge in [-0.3, -0.25) is 4.79 Å². The maximum atomic E-state index is 10.8. The Morgan fingerprint density at radius 2 is 1.73 bits per heavy atom. The highest BCUT2D eigenvalue weighted by Crippen LogP contribution is 2.17. The molecule has 1 unspecified atom stereocenters. The van der Waals surface area contributed by atoms with E-state index in [1.165, 1.54) is 4.90 Å². The van der Waals surface area contributed by atoms with E-state index in [0.717, 1.165) is 19.3 Å². The van der Waals surface area contributed by atoms with Crippen molar-refractivity contribution in [3.8, 4) is 0 Å². The monoisotopic (exact) mass is 215 g/mol. The third kappa shape index (κ3) is 3.77. The van der Waals surface area contributed by atoms with Gasteiger partial charge in [-0.2, -0.15) is 0 Å². The van der Waals surface area contributed by atoms with Gasteiger partial charge in [-0.25, -0.2) is 4.79 Å². The highest BCUT2D eigenvalue weighted by molar-refractivity contribution is 5.70. The molecule has 0 aromatic carbocycles. The lowest BCUT2D eigenvalue weighted by Gasteiger charge is -2.19. The molecule has 5 nitrogen and oxygen atoms in total. The molecule has 0 saturated carbocycles. The number of carbonyl (C=O) groups is 2. The van der Waals surface area contributed by atoms with Gasteiger partial charge >= 0.3 is 12.1 Å². The molecule has 0 spiro atoms. The van der Waals surface area contributed by atoms with Gasteiger partial charge < -0.3 is 15.1 Å². The normalized spacial score (nSPS) is 23.7. The molecule has 15 heavy (non-hydrogen) atoms. The molecule has 0 bridgehead atoms. The van der Waals surface area contributed by atoms with Crippen molar-refractivity contribution in [3.05, 3.63) is 0 Å². The van der Waals surface area contributed by atoms with Crippen LogP contribution in [0, 0.1) is 5.92 Å². The zero-order valence-electron chi connectivity index (χ0n) is 8.69. The number of carboxylic acids is 1. The number of hydrogen-bond donors (Lipinski definition) is 2. The second kappa shape index (κ2) is 5.58. The summed E-state index contributed by atoms with van der Waals surface area (Å²) in [7, 11) is 0. The molecule has 0 aliphatic carbocycles. The van der Waals surface area contributed by atoms with E-state index in [-0.39, 0.29) is 5.92 Å². The Morgan fingerprint density at radius 3 is 2.33 bits per heavy atom. The number of aliphatic carboxylic acids is 1. The van der Waals surface area contributed by atoms with Crippen LogP contribution >= 0.6 is 0 Å². The Balaban J connectivity index is 2.54. The predicted molar refractivity (Wildman–Crippen MR) is 53.8 cm³/mol. The van der Waals surface area contributed by atoms with Crippen LogP contribution in [0.1, 0.15) is 32.1 Å². The first kappa shape index (κ1) is 11.8. The molecule has 0 aromatic heterocycles. The first-order chi connectivity index (χ1) is 7.11. The molecule has 0 aromatic rings. The highest BCUT2D eigenvalue weighted by Gasteiger charge is 2.21. The molecular formula is C10H17NO4. The van der Waals surface area contributed by atoms with Crippen molar-refractivity contribution in [1.29, 1.82) is 0 Å². The van der Waals surface area contributed by atoms with Crippen molar-refractivity contribution < 1.29 is 19.8 Å². The van der Waals surface area contributed by atoms with Crippen molar-refractivity contribution >= 4 is 12.1 Å². The highest BCUT2D eigenvalue weighted by atomic mass is 16.4. The average Bonchev–Trinajstić information content (AvgIpc) is 2.27. The minimum absolute atomic E-state index is 0.340. The van der Waals surface area contributed by atoms with E-state index < -0.39 is 12.1 Å². The van der Waals surface area contributed by atoms with E-state index in [1.54, 1.807) is 0 Å². The number of nitrogens with zero attached hydrogens (tertiary/aromatic N) is 1. The van der Waals surface area contributed by atoms with Crippen LogP contribution in [0.3, 0.4) is 0 Å². The summed E-state index contributed by atoms with van der Waals surface area (Å²) in [5.74, 6) is -1.19. The van der Waals surface area contributed by atoms with Crippen LogP contribution in [0.25, 0.3) is 0 Å². The van der Waals surface area contributed by atoms with Crippen LogP contribution in [-0.2, 0) is 4.79 Å². The largest absolute Gasteiger partial charge is 0.481 e. The molecule has 1 saturated heterocycles. The zero-order chi connectivity index (χ0) is 11.3. The first-order valence-electron chi connectivity index (χ1n) is 5.32. The van der Waals surface area contributed by atoms with Gasteiger partial charge in [0, 0.05) is 13.1 Å². The third-order valence-corrected chi connectivity index (χ3v) is 2.85. The van der Waals surface area contributed by atoms with E-state index in [0.29, 0.717) is 25.9 Å². The van der Waals surface area contributed by atoms with Crippen molar-refractivity contribution in [2.24, 2.45) is 5.92 Å². The topological polar surface area (TPSA) is 77.8 Å². The number of amides is 1. The summed E-state index contributed by atoms with van der Waals surface area (Å²) in [6.07, 6.45) is 2.78. The molecule has 0 radical (unpaired) electrons. The summed E-state index contributed by atoms with van der Waals surface area (Å²) < 4.78 is 0. The van der Waals surface area contributed by atoms with Gasteiger partial charge in [-0.15, -0.1) is 0 Å². The quantitative estimate of drug-likeness (QED) is 0.696. The summed E-state index contributed by atoms with van der Waals surface area (Å²) in [6.45, 7) is 0.869. The Hall–Kier alpha value is -1.26. The summed E-state index contributed by atoms with van der Waals surface area (Å²) in [5.41, 5.74) is 0.